The number of ether oxygens (including phenoxy) is 1. The molecule has 0 aromatic heterocycles. The smallest absolute Gasteiger partial charge is 0.323 e. The fourth-order valence-electron chi connectivity index (χ4n) is 3.29. The van der Waals surface area contributed by atoms with Gasteiger partial charge in [-0.2, -0.15) is 0 Å². The predicted molar refractivity (Wildman–Crippen MR) is 100 cm³/mol. The molecule has 1 aliphatic rings. The first kappa shape index (κ1) is 20.2. The molecule has 1 aromatic rings. The zero-order valence-electron chi connectivity index (χ0n) is 16.3. The van der Waals surface area contributed by atoms with Crippen LogP contribution in [0.25, 0.3) is 0 Å². The summed E-state index contributed by atoms with van der Waals surface area (Å²) in [6.45, 7) is 8.68. The van der Waals surface area contributed by atoms with Crippen LogP contribution in [0.4, 0.5) is 0 Å². The van der Waals surface area contributed by atoms with E-state index in [9.17, 15) is 14.7 Å². The normalized spacial score (nSPS) is 22.9. The van der Waals surface area contributed by atoms with E-state index < -0.39 is 11.5 Å². The monoisotopic (exact) mass is 362 g/mol. The highest BCUT2D eigenvalue weighted by Gasteiger charge is 2.44. The molecule has 0 bridgehead atoms. The fraction of sp³-hybridized carbons (Fsp3) is 0.600. The lowest BCUT2D eigenvalue weighted by molar-refractivity contribution is -0.144. The largest absolute Gasteiger partial charge is 0.497 e. The molecule has 0 spiro atoms. The predicted octanol–water partition coefficient (Wildman–Crippen LogP) is 2.67. The molecule has 6 nitrogen and oxygen atoms in total. The molecule has 144 valence electrons. The van der Waals surface area contributed by atoms with Gasteiger partial charge in [-0.25, -0.2) is 0 Å². The van der Waals surface area contributed by atoms with Gasteiger partial charge in [0.2, 0.25) is 5.91 Å². The van der Waals surface area contributed by atoms with Crippen LogP contribution in [-0.4, -0.2) is 47.1 Å². The Morgan fingerprint density at radius 1 is 1.38 bits per heavy atom. The minimum atomic E-state index is -1.00. The number of methoxy groups -OCH3 is 1. The van der Waals surface area contributed by atoms with Crippen LogP contribution in [0.2, 0.25) is 0 Å². The molecule has 0 radical (unpaired) electrons. The molecule has 2 atom stereocenters. The molecule has 6 heteroatoms. The highest BCUT2D eigenvalue weighted by Crippen LogP contribution is 2.28. The third-order valence-corrected chi connectivity index (χ3v) is 4.77. The van der Waals surface area contributed by atoms with E-state index in [1.54, 1.807) is 14.0 Å². The summed E-state index contributed by atoms with van der Waals surface area (Å²) in [7, 11) is 1.61. The van der Waals surface area contributed by atoms with Crippen LogP contribution in [-0.2, 0) is 16.1 Å². The van der Waals surface area contributed by atoms with E-state index in [0.29, 0.717) is 25.9 Å². The van der Waals surface area contributed by atoms with Gasteiger partial charge in [0.1, 0.15) is 11.3 Å². The summed E-state index contributed by atoms with van der Waals surface area (Å²) in [5, 5.41) is 12.5. The number of amides is 1. The molecule has 1 fully saturated rings. The van der Waals surface area contributed by atoms with E-state index in [-0.39, 0.29) is 17.4 Å². The molecule has 0 aliphatic carbocycles. The SMILES string of the molecule is COc1cccc(CN(C(=O)CC(C)(C)C)[C@@H]2CN[C@](C)(C(=O)O)C2)c1. The van der Waals surface area contributed by atoms with Crippen molar-refractivity contribution in [1.82, 2.24) is 10.2 Å². The van der Waals surface area contributed by atoms with Gasteiger partial charge >= 0.3 is 5.97 Å². The quantitative estimate of drug-likeness (QED) is 0.813. The Kier molecular flexibility index (Phi) is 5.96. The van der Waals surface area contributed by atoms with E-state index in [1.807, 2.05) is 49.9 Å². The zero-order valence-corrected chi connectivity index (χ0v) is 16.3. The average molecular weight is 362 g/mol. The van der Waals surface area contributed by atoms with Gasteiger partial charge in [-0.3, -0.25) is 14.9 Å². The topological polar surface area (TPSA) is 78.9 Å². The Bertz CT molecular complexity index is 668. The van der Waals surface area contributed by atoms with E-state index in [0.717, 1.165) is 11.3 Å². The molecule has 1 heterocycles. The van der Waals surface area contributed by atoms with E-state index >= 15 is 0 Å². The summed E-state index contributed by atoms with van der Waals surface area (Å²) in [6, 6.07) is 7.48. The first-order chi connectivity index (χ1) is 12.0. The van der Waals surface area contributed by atoms with E-state index in [1.165, 1.54) is 0 Å². The maximum Gasteiger partial charge on any atom is 0.323 e. The molecular formula is C20H30N2O4. The van der Waals surface area contributed by atoms with Crippen LogP contribution in [0.3, 0.4) is 0 Å². The molecule has 1 amide bonds. The number of carboxylic acid groups (broad SMARTS) is 1. The summed E-state index contributed by atoms with van der Waals surface area (Å²) in [5.41, 5.74) is -0.166. The van der Waals surface area contributed by atoms with Crippen molar-refractivity contribution in [3.8, 4) is 5.75 Å². The minimum Gasteiger partial charge on any atom is -0.497 e. The molecule has 0 unspecified atom stereocenters. The Labute approximate surface area is 155 Å². The molecule has 26 heavy (non-hydrogen) atoms. The lowest BCUT2D eigenvalue weighted by Crippen LogP contribution is -2.44. The summed E-state index contributed by atoms with van der Waals surface area (Å²) < 4.78 is 5.27. The molecule has 2 rings (SSSR count). The third-order valence-electron chi connectivity index (χ3n) is 4.77. The second-order valence-electron chi connectivity index (χ2n) is 8.49. The maximum atomic E-state index is 13.0. The Balaban J connectivity index is 2.24. The van der Waals surface area contributed by atoms with Crippen molar-refractivity contribution >= 4 is 11.9 Å². The van der Waals surface area contributed by atoms with Crippen LogP contribution < -0.4 is 10.1 Å². The third kappa shape index (κ3) is 4.97. The number of benzene rings is 1. The molecule has 0 saturated carbocycles. The van der Waals surface area contributed by atoms with Gasteiger partial charge in [-0.05, 0) is 36.5 Å². The second-order valence-corrected chi connectivity index (χ2v) is 8.49. The number of nitrogens with one attached hydrogen (secondary N) is 1. The Morgan fingerprint density at radius 2 is 2.08 bits per heavy atom. The summed E-state index contributed by atoms with van der Waals surface area (Å²) in [4.78, 5) is 26.4. The lowest BCUT2D eigenvalue weighted by Gasteiger charge is -2.32. The molecular weight excluding hydrogens is 332 g/mol. The van der Waals surface area contributed by atoms with Crippen LogP contribution >= 0.6 is 0 Å². The van der Waals surface area contributed by atoms with Crippen LogP contribution in [0.5, 0.6) is 5.75 Å². The van der Waals surface area contributed by atoms with Crippen LogP contribution in [0, 0.1) is 5.41 Å². The van der Waals surface area contributed by atoms with Crippen molar-refractivity contribution in [1.29, 1.82) is 0 Å². The zero-order chi connectivity index (χ0) is 19.5. The first-order valence-electron chi connectivity index (χ1n) is 8.95. The van der Waals surface area contributed by atoms with Crippen LogP contribution in [0.1, 0.15) is 46.1 Å². The average Bonchev–Trinajstić information content (AvgIpc) is 2.94. The van der Waals surface area contributed by atoms with Gasteiger partial charge in [-0.1, -0.05) is 32.9 Å². The van der Waals surface area contributed by atoms with E-state index in [4.69, 9.17) is 4.74 Å². The molecule has 2 N–H and O–H groups in total. The summed E-state index contributed by atoms with van der Waals surface area (Å²) in [5.74, 6) is -0.1000. The number of rotatable bonds is 6. The minimum absolute atomic E-state index is 0.0433. The second kappa shape index (κ2) is 7.66. The van der Waals surface area contributed by atoms with Crippen molar-refractivity contribution in [2.24, 2.45) is 5.41 Å². The van der Waals surface area contributed by atoms with Gasteiger partial charge in [0.05, 0.1) is 7.11 Å². The summed E-state index contributed by atoms with van der Waals surface area (Å²) >= 11 is 0. The lowest BCUT2D eigenvalue weighted by atomic mass is 9.90. The Morgan fingerprint density at radius 3 is 2.62 bits per heavy atom. The standard InChI is InChI=1S/C20H30N2O4/c1-19(2,3)11-17(23)22(13-14-7-6-8-16(9-14)26-5)15-10-20(4,18(24)25)21-12-15/h6-9,15,21H,10-13H2,1-5H3,(H,24,25)/t15-,20-/m0/s1. The van der Waals surface area contributed by atoms with Crippen molar-refractivity contribution in [2.75, 3.05) is 13.7 Å². The number of aliphatic carboxylic acids is 1. The number of carbonyl (C=O) groups is 2. The van der Waals surface area contributed by atoms with Crippen molar-refractivity contribution in [3.05, 3.63) is 29.8 Å². The van der Waals surface area contributed by atoms with Gasteiger partial charge in [-0.15, -0.1) is 0 Å². The van der Waals surface area contributed by atoms with Gasteiger partial charge < -0.3 is 14.7 Å². The number of nitrogens with zero attached hydrogens (tertiary/aromatic N) is 1. The van der Waals surface area contributed by atoms with Gasteiger partial charge in [0, 0.05) is 25.6 Å². The van der Waals surface area contributed by atoms with Gasteiger partial charge in [0.25, 0.3) is 0 Å². The molecule has 1 aliphatic heterocycles. The van der Waals surface area contributed by atoms with Crippen molar-refractivity contribution in [3.63, 3.8) is 0 Å². The number of hydrogen-bond donors (Lipinski definition) is 2. The van der Waals surface area contributed by atoms with Crippen molar-refractivity contribution in [2.45, 2.75) is 58.7 Å². The van der Waals surface area contributed by atoms with Crippen LogP contribution in [0.15, 0.2) is 24.3 Å². The van der Waals surface area contributed by atoms with Crippen molar-refractivity contribution < 1.29 is 19.4 Å². The molecule has 1 saturated heterocycles. The number of hydrogen-bond acceptors (Lipinski definition) is 4. The highest BCUT2D eigenvalue weighted by molar-refractivity contribution is 5.80. The highest BCUT2D eigenvalue weighted by atomic mass is 16.5. The fourth-order valence-corrected chi connectivity index (χ4v) is 3.29. The number of carboxylic acids is 1. The maximum absolute atomic E-state index is 13.0. The van der Waals surface area contributed by atoms with E-state index in [2.05, 4.69) is 5.32 Å². The number of carbonyl (C=O) groups excluding carboxylic acids is 1. The first-order valence-corrected chi connectivity index (χ1v) is 8.95. The van der Waals surface area contributed by atoms with Gasteiger partial charge in [0.15, 0.2) is 0 Å². The summed E-state index contributed by atoms with van der Waals surface area (Å²) in [6.07, 6.45) is 0.805. The Hall–Kier alpha value is -2.08. The molecule has 1 aromatic carbocycles.